The number of alkyl halides is 3. The summed E-state index contributed by atoms with van der Waals surface area (Å²) in [5.41, 5.74) is 1.52. The molecule has 46 heavy (non-hydrogen) atoms. The highest BCUT2D eigenvalue weighted by atomic mass is 32.2. The third-order valence-corrected chi connectivity index (χ3v) is 10.9. The molecule has 0 aromatic heterocycles. The predicted molar refractivity (Wildman–Crippen MR) is 184 cm³/mol. The van der Waals surface area contributed by atoms with E-state index in [1.54, 1.807) is 0 Å². The Labute approximate surface area is 268 Å². The van der Waals surface area contributed by atoms with Crippen molar-refractivity contribution in [1.29, 1.82) is 0 Å². The van der Waals surface area contributed by atoms with Crippen LogP contribution in [0.4, 0.5) is 13.2 Å². The molecular weight excluding hydrogens is 622 g/mol. The minimum Gasteiger partial charge on any atom is -0.376 e. The summed E-state index contributed by atoms with van der Waals surface area (Å²) in [4.78, 5) is 0. The summed E-state index contributed by atoms with van der Waals surface area (Å²) in [6.07, 6.45) is 0. The number of benzene rings is 6. The Morgan fingerprint density at radius 3 is 1.17 bits per heavy atom. The van der Waals surface area contributed by atoms with E-state index in [-0.39, 0.29) is 5.75 Å². The van der Waals surface area contributed by atoms with Gasteiger partial charge in [-0.15, -0.1) is 0 Å². The zero-order chi connectivity index (χ0) is 32.7. The molecule has 0 atom stereocenters. The molecule has 3 nitrogen and oxygen atoms in total. The van der Waals surface area contributed by atoms with Crippen LogP contribution in [-0.4, -0.2) is 22.0 Å². The Morgan fingerprint density at radius 1 is 0.522 bits per heavy atom. The first-order chi connectivity index (χ1) is 21.9. The topological polar surface area (TPSA) is 43.4 Å². The summed E-state index contributed by atoms with van der Waals surface area (Å²) in [6, 6.07) is 42.8. The smallest absolute Gasteiger partial charge is 0.376 e. The third-order valence-electron chi connectivity index (χ3n) is 7.95. The van der Waals surface area contributed by atoms with Crippen LogP contribution in [0.3, 0.4) is 0 Å². The van der Waals surface area contributed by atoms with Crippen LogP contribution in [0.2, 0.25) is 19.6 Å². The highest BCUT2D eigenvalue weighted by Crippen LogP contribution is 2.51. The maximum Gasteiger partial charge on any atom is 0.534 e. The average molecular weight is 653 g/mol. The van der Waals surface area contributed by atoms with Crippen molar-refractivity contribution >= 4 is 34.2 Å². The van der Waals surface area contributed by atoms with Crippen molar-refractivity contribution < 1.29 is 25.8 Å². The summed E-state index contributed by atoms with van der Waals surface area (Å²) in [7, 11) is -8.44. The first kappa shape index (κ1) is 31.3. The number of rotatable bonds is 7. The van der Waals surface area contributed by atoms with Gasteiger partial charge in [0.05, 0.1) is 8.07 Å². The van der Waals surface area contributed by atoms with Crippen LogP contribution in [0.5, 0.6) is 5.75 Å². The molecule has 0 aliphatic heterocycles. The van der Waals surface area contributed by atoms with E-state index in [1.165, 1.54) is 6.07 Å². The molecule has 0 bridgehead atoms. The van der Waals surface area contributed by atoms with Crippen LogP contribution in [0.15, 0.2) is 133 Å². The summed E-state index contributed by atoms with van der Waals surface area (Å²) >= 11 is 0. The molecule has 232 valence electrons. The Kier molecular flexibility index (Phi) is 8.12. The van der Waals surface area contributed by atoms with Gasteiger partial charge in [0.1, 0.15) is 5.75 Å². The lowest BCUT2D eigenvalue weighted by Crippen LogP contribution is -2.40. The molecule has 8 heteroatoms. The van der Waals surface area contributed by atoms with Gasteiger partial charge in [-0.05, 0) is 66.5 Å². The molecule has 0 N–H and O–H groups in total. The van der Waals surface area contributed by atoms with Crippen molar-refractivity contribution in [3.05, 3.63) is 133 Å². The predicted octanol–water partition coefficient (Wildman–Crippen LogP) is 10.3. The minimum atomic E-state index is -5.93. The zero-order valence-corrected chi connectivity index (χ0v) is 27.3. The molecular formula is C38H31F3O3SSi. The lowest BCUT2D eigenvalue weighted by Gasteiger charge is -2.27. The largest absolute Gasteiger partial charge is 0.534 e. The molecule has 0 radical (unpaired) electrons. The van der Waals surface area contributed by atoms with Crippen molar-refractivity contribution in [3.63, 3.8) is 0 Å². The fourth-order valence-electron chi connectivity index (χ4n) is 5.93. The second-order valence-electron chi connectivity index (χ2n) is 12.1. The lowest BCUT2D eigenvalue weighted by molar-refractivity contribution is -0.0499. The van der Waals surface area contributed by atoms with Gasteiger partial charge in [0, 0.05) is 0 Å². The molecule has 0 aliphatic carbocycles. The SMILES string of the molecule is C[Si](C)(C)c1cc2c(-c3ccccc3)c(-c3ccccc3)c(-c3ccccc3)c(-c3ccccc3)c2cc1OS(=O)(=O)C(F)(F)F. The van der Waals surface area contributed by atoms with E-state index < -0.39 is 23.7 Å². The van der Waals surface area contributed by atoms with Crippen LogP contribution in [0.25, 0.3) is 55.3 Å². The van der Waals surface area contributed by atoms with Gasteiger partial charge < -0.3 is 4.18 Å². The van der Waals surface area contributed by atoms with E-state index >= 15 is 0 Å². The number of hydrogen-bond donors (Lipinski definition) is 0. The zero-order valence-electron chi connectivity index (χ0n) is 25.5. The molecule has 0 unspecified atom stereocenters. The average Bonchev–Trinajstić information content (AvgIpc) is 3.04. The minimum absolute atomic E-state index is 0.299. The number of hydrogen-bond acceptors (Lipinski definition) is 3. The van der Waals surface area contributed by atoms with Gasteiger partial charge in [-0.2, -0.15) is 21.6 Å². The van der Waals surface area contributed by atoms with E-state index in [2.05, 4.69) is 12.1 Å². The first-order valence-electron chi connectivity index (χ1n) is 14.8. The summed E-state index contributed by atoms with van der Waals surface area (Å²) in [5.74, 6) is -0.299. The molecule has 0 saturated heterocycles. The lowest BCUT2D eigenvalue weighted by atomic mass is 9.79. The van der Waals surface area contributed by atoms with Crippen molar-refractivity contribution in [3.8, 4) is 50.3 Å². The molecule has 6 aromatic carbocycles. The van der Waals surface area contributed by atoms with Gasteiger partial charge in [-0.1, -0.05) is 147 Å². The summed E-state index contributed by atoms with van der Waals surface area (Å²) in [6.45, 7) is 5.87. The number of fused-ring (bicyclic) bond motifs is 1. The van der Waals surface area contributed by atoms with Gasteiger partial charge in [0.25, 0.3) is 0 Å². The second-order valence-corrected chi connectivity index (χ2v) is 18.7. The normalized spacial score (nSPS) is 12.3. The number of halogens is 3. The third kappa shape index (κ3) is 5.86. The van der Waals surface area contributed by atoms with Crippen LogP contribution in [-0.2, 0) is 10.1 Å². The Morgan fingerprint density at radius 2 is 0.848 bits per heavy atom. The van der Waals surface area contributed by atoms with Crippen molar-refractivity contribution in [1.82, 2.24) is 0 Å². The van der Waals surface area contributed by atoms with E-state index in [1.807, 2.05) is 135 Å². The fraction of sp³-hybridized carbons (Fsp3) is 0.105. The van der Waals surface area contributed by atoms with E-state index in [0.29, 0.717) is 10.6 Å². The maximum absolute atomic E-state index is 13.7. The molecule has 0 heterocycles. The second kappa shape index (κ2) is 11.9. The highest BCUT2D eigenvalue weighted by Gasteiger charge is 2.49. The van der Waals surface area contributed by atoms with Crippen LogP contribution < -0.4 is 9.37 Å². The maximum atomic E-state index is 13.7. The molecule has 0 fully saturated rings. The van der Waals surface area contributed by atoms with Crippen molar-refractivity contribution in [2.45, 2.75) is 25.1 Å². The van der Waals surface area contributed by atoms with E-state index in [0.717, 1.165) is 49.9 Å². The van der Waals surface area contributed by atoms with Gasteiger partial charge in [0.15, 0.2) is 0 Å². The molecule has 6 aromatic rings. The molecule has 0 aliphatic rings. The molecule has 0 amide bonds. The van der Waals surface area contributed by atoms with Crippen LogP contribution in [0, 0.1) is 0 Å². The quantitative estimate of drug-likeness (QED) is 0.0979. The van der Waals surface area contributed by atoms with Crippen molar-refractivity contribution in [2.75, 3.05) is 0 Å². The Balaban J connectivity index is 1.91. The fourth-order valence-corrected chi connectivity index (χ4v) is 7.91. The van der Waals surface area contributed by atoms with Gasteiger partial charge in [-0.25, -0.2) is 0 Å². The van der Waals surface area contributed by atoms with Gasteiger partial charge >= 0.3 is 15.6 Å². The standard InChI is InChI=1S/C38H31F3O3SSi/c1-46(2,3)33-25-31-30(24-32(33)44-45(42,43)38(39,40)41)34(26-16-8-4-9-17-26)36(28-20-12-6-13-21-28)37(29-22-14-7-15-23-29)35(31)27-18-10-5-11-19-27/h4-25H,1-3H3. The summed E-state index contributed by atoms with van der Waals surface area (Å²) in [5, 5.41) is 1.84. The van der Waals surface area contributed by atoms with Crippen LogP contribution >= 0.6 is 0 Å². The highest BCUT2D eigenvalue weighted by molar-refractivity contribution is 7.88. The van der Waals surface area contributed by atoms with E-state index in [4.69, 9.17) is 4.18 Å². The molecule has 6 rings (SSSR count). The van der Waals surface area contributed by atoms with Gasteiger partial charge in [0.2, 0.25) is 0 Å². The summed E-state index contributed by atoms with van der Waals surface area (Å²) < 4.78 is 71.1. The van der Waals surface area contributed by atoms with E-state index in [9.17, 15) is 21.6 Å². The molecule has 0 spiro atoms. The van der Waals surface area contributed by atoms with Gasteiger partial charge in [-0.3, -0.25) is 0 Å². The van der Waals surface area contributed by atoms with Crippen LogP contribution in [0.1, 0.15) is 0 Å². The molecule has 0 saturated carbocycles. The Bertz CT molecular complexity index is 2130. The monoisotopic (exact) mass is 652 g/mol. The Hall–Kier alpha value is -4.66. The van der Waals surface area contributed by atoms with Crippen molar-refractivity contribution in [2.24, 2.45) is 0 Å². The first-order valence-corrected chi connectivity index (χ1v) is 19.7.